The molecule has 10 heteroatoms. The van der Waals surface area contributed by atoms with Crippen LogP contribution in [0.2, 0.25) is 5.02 Å². The number of rotatable bonds is 4. The molecule has 0 bridgehead atoms. The van der Waals surface area contributed by atoms with Gasteiger partial charge in [-0.15, -0.1) is 0 Å². The minimum absolute atomic E-state index is 0.197. The summed E-state index contributed by atoms with van der Waals surface area (Å²) in [6.07, 6.45) is -1.32. The van der Waals surface area contributed by atoms with E-state index in [2.05, 4.69) is 5.10 Å². The molecular formula is C22H25ClF4N4O. The summed E-state index contributed by atoms with van der Waals surface area (Å²) in [7, 11) is 0. The third-order valence-electron chi connectivity index (χ3n) is 6.23. The minimum Gasteiger partial charge on any atom is -0.339 e. The number of hydrogen-bond donors (Lipinski definition) is 0. The van der Waals surface area contributed by atoms with Crippen LogP contribution in [0.3, 0.4) is 0 Å². The first kappa shape index (κ1) is 23.0. The topological polar surface area (TPSA) is 41.4 Å². The van der Waals surface area contributed by atoms with Crippen molar-refractivity contribution in [1.82, 2.24) is 19.6 Å². The highest BCUT2D eigenvalue weighted by Gasteiger charge is 2.39. The summed E-state index contributed by atoms with van der Waals surface area (Å²) < 4.78 is 55.7. The lowest BCUT2D eigenvalue weighted by molar-refractivity contribution is -0.142. The van der Waals surface area contributed by atoms with E-state index in [-0.39, 0.29) is 23.8 Å². The number of hydrogen-bond acceptors (Lipinski definition) is 3. The van der Waals surface area contributed by atoms with Gasteiger partial charge in [-0.1, -0.05) is 24.1 Å². The lowest BCUT2D eigenvalue weighted by Crippen LogP contribution is -2.49. The van der Waals surface area contributed by atoms with Crippen molar-refractivity contribution in [2.24, 2.45) is 0 Å². The van der Waals surface area contributed by atoms with Gasteiger partial charge in [0.15, 0.2) is 5.69 Å². The molecule has 1 amide bonds. The summed E-state index contributed by atoms with van der Waals surface area (Å²) in [5.74, 6) is -0.618. The van der Waals surface area contributed by atoms with Crippen LogP contribution in [0.4, 0.5) is 17.6 Å². The van der Waals surface area contributed by atoms with Gasteiger partial charge in [0.05, 0.1) is 0 Å². The van der Waals surface area contributed by atoms with Gasteiger partial charge in [-0.3, -0.25) is 14.4 Å². The average molecular weight is 473 g/mol. The highest BCUT2D eigenvalue weighted by molar-refractivity contribution is 6.31. The zero-order chi connectivity index (χ0) is 22.9. The van der Waals surface area contributed by atoms with E-state index in [1.54, 1.807) is 17.0 Å². The number of piperazine rings is 1. The van der Waals surface area contributed by atoms with Crippen LogP contribution in [-0.2, 0) is 36.9 Å². The van der Waals surface area contributed by atoms with Crippen molar-refractivity contribution >= 4 is 17.5 Å². The third kappa shape index (κ3) is 4.93. The molecule has 2 aliphatic rings. The number of aromatic nitrogens is 2. The number of fused-ring (bicyclic) bond motifs is 1. The van der Waals surface area contributed by atoms with Gasteiger partial charge in [-0.2, -0.15) is 18.3 Å². The largest absolute Gasteiger partial charge is 0.435 e. The van der Waals surface area contributed by atoms with Gasteiger partial charge in [0, 0.05) is 54.6 Å². The molecule has 2 aromatic rings. The molecule has 1 aliphatic carbocycles. The van der Waals surface area contributed by atoms with Crippen LogP contribution in [0.15, 0.2) is 18.2 Å². The van der Waals surface area contributed by atoms with Crippen LogP contribution in [-0.4, -0.2) is 51.7 Å². The Labute approximate surface area is 188 Å². The summed E-state index contributed by atoms with van der Waals surface area (Å²) in [6.45, 7) is 2.04. The monoisotopic (exact) mass is 472 g/mol. The van der Waals surface area contributed by atoms with E-state index in [0.717, 1.165) is 12.8 Å². The zero-order valence-electron chi connectivity index (χ0n) is 17.6. The molecule has 0 saturated carbocycles. The minimum atomic E-state index is -4.53. The Hall–Kier alpha value is -2.13. The first-order chi connectivity index (χ1) is 15.2. The predicted octanol–water partition coefficient (Wildman–Crippen LogP) is 4.31. The first-order valence-corrected chi connectivity index (χ1v) is 11.2. The maximum atomic E-state index is 14.0. The third-order valence-corrected chi connectivity index (χ3v) is 6.58. The Morgan fingerprint density at radius 3 is 2.47 bits per heavy atom. The first-order valence-electron chi connectivity index (χ1n) is 10.8. The Morgan fingerprint density at radius 1 is 1.06 bits per heavy atom. The molecular weight excluding hydrogens is 448 g/mol. The summed E-state index contributed by atoms with van der Waals surface area (Å²) in [4.78, 5) is 16.5. The normalized spacial score (nSPS) is 17.8. The van der Waals surface area contributed by atoms with Gasteiger partial charge < -0.3 is 4.90 Å². The second kappa shape index (κ2) is 9.39. The molecule has 1 fully saturated rings. The molecule has 32 heavy (non-hydrogen) atoms. The number of halogens is 5. The fraction of sp³-hybridized carbons (Fsp3) is 0.545. The number of carbonyl (C=O) groups excluding carboxylic acids is 1. The molecule has 5 nitrogen and oxygen atoms in total. The van der Waals surface area contributed by atoms with Gasteiger partial charge in [0.1, 0.15) is 12.4 Å². The van der Waals surface area contributed by atoms with Gasteiger partial charge in [0.2, 0.25) is 5.91 Å². The molecule has 0 radical (unpaired) electrons. The van der Waals surface area contributed by atoms with Crippen molar-refractivity contribution in [3.8, 4) is 0 Å². The maximum absolute atomic E-state index is 14.0. The van der Waals surface area contributed by atoms with Crippen molar-refractivity contribution in [3.63, 3.8) is 0 Å². The molecule has 1 saturated heterocycles. The van der Waals surface area contributed by atoms with Crippen LogP contribution in [0, 0.1) is 5.82 Å². The molecule has 0 spiro atoms. The maximum Gasteiger partial charge on any atom is 0.435 e. The van der Waals surface area contributed by atoms with E-state index in [9.17, 15) is 22.4 Å². The van der Waals surface area contributed by atoms with E-state index in [4.69, 9.17) is 11.6 Å². The van der Waals surface area contributed by atoms with Crippen LogP contribution in [0.25, 0.3) is 0 Å². The number of benzene rings is 1. The molecule has 2 heterocycles. The van der Waals surface area contributed by atoms with Crippen molar-refractivity contribution in [1.29, 1.82) is 0 Å². The SMILES string of the molecule is O=C(Cn1nc(C(F)(F)F)c2c1CCCCC2)N1CCN(Cc2c(F)cccc2Cl)CC1. The molecule has 0 atom stereocenters. The van der Waals surface area contributed by atoms with E-state index >= 15 is 0 Å². The van der Waals surface area contributed by atoms with Crippen molar-refractivity contribution < 1.29 is 22.4 Å². The molecule has 0 N–H and O–H groups in total. The van der Waals surface area contributed by atoms with E-state index < -0.39 is 11.9 Å². The molecule has 4 rings (SSSR count). The van der Waals surface area contributed by atoms with E-state index in [1.165, 1.54) is 10.7 Å². The summed E-state index contributed by atoms with van der Waals surface area (Å²) in [5.41, 5.74) is 0.354. The summed E-state index contributed by atoms with van der Waals surface area (Å²) >= 11 is 6.10. The lowest BCUT2D eigenvalue weighted by Gasteiger charge is -2.35. The van der Waals surface area contributed by atoms with Crippen molar-refractivity contribution in [2.45, 2.75) is 51.4 Å². The van der Waals surface area contributed by atoms with Crippen LogP contribution < -0.4 is 0 Å². The quantitative estimate of drug-likeness (QED) is 0.492. The van der Waals surface area contributed by atoms with E-state index in [1.807, 2.05) is 4.90 Å². The Balaban J connectivity index is 1.41. The number of amides is 1. The Kier molecular flexibility index (Phi) is 6.76. The zero-order valence-corrected chi connectivity index (χ0v) is 18.4. The number of nitrogens with zero attached hydrogens (tertiary/aromatic N) is 4. The highest BCUT2D eigenvalue weighted by atomic mass is 35.5. The predicted molar refractivity (Wildman–Crippen MR) is 112 cm³/mol. The summed E-state index contributed by atoms with van der Waals surface area (Å²) in [6, 6.07) is 4.56. The van der Waals surface area contributed by atoms with Crippen molar-refractivity contribution in [2.75, 3.05) is 26.2 Å². The Bertz CT molecular complexity index is 963. The average Bonchev–Trinajstić information content (AvgIpc) is 2.92. The van der Waals surface area contributed by atoms with Gasteiger partial charge in [-0.05, 0) is 37.8 Å². The highest BCUT2D eigenvalue weighted by Crippen LogP contribution is 2.35. The van der Waals surface area contributed by atoms with Gasteiger partial charge >= 0.3 is 6.18 Å². The van der Waals surface area contributed by atoms with Crippen LogP contribution in [0.1, 0.15) is 41.8 Å². The van der Waals surface area contributed by atoms with Crippen LogP contribution >= 0.6 is 11.6 Å². The lowest BCUT2D eigenvalue weighted by atomic mass is 10.1. The molecule has 1 aromatic carbocycles. The van der Waals surface area contributed by atoms with E-state index in [0.29, 0.717) is 68.3 Å². The second-order valence-electron chi connectivity index (χ2n) is 8.35. The molecule has 0 unspecified atom stereocenters. The number of alkyl halides is 3. The van der Waals surface area contributed by atoms with Gasteiger partial charge in [0.25, 0.3) is 0 Å². The summed E-state index contributed by atoms with van der Waals surface area (Å²) in [5, 5.41) is 4.17. The van der Waals surface area contributed by atoms with Gasteiger partial charge in [-0.25, -0.2) is 4.39 Å². The molecule has 1 aromatic heterocycles. The van der Waals surface area contributed by atoms with Crippen LogP contribution in [0.5, 0.6) is 0 Å². The molecule has 1 aliphatic heterocycles. The smallest absolute Gasteiger partial charge is 0.339 e. The number of carbonyl (C=O) groups is 1. The second-order valence-corrected chi connectivity index (χ2v) is 8.75. The fourth-order valence-electron chi connectivity index (χ4n) is 4.50. The van der Waals surface area contributed by atoms with Crippen molar-refractivity contribution in [3.05, 3.63) is 51.6 Å². The standard InChI is InChI=1S/C22H25ClF4N4O/c23-17-6-4-7-18(24)16(17)13-29-9-11-30(12-10-29)20(32)14-31-19-8-3-1-2-5-15(19)21(28-31)22(25,26)27/h4,6-7H,1-3,5,8-14H2. The molecule has 174 valence electrons. The fourth-order valence-corrected chi connectivity index (χ4v) is 4.72. The Morgan fingerprint density at radius 2 is 1.78 bits per heavy atom.